The summed E-state index contributed by atoms with van der Waals surface area (Å²) in [6.07, 6.45) is 6.33. The van der Waals surface area contributed by atoms with E-state index in [0.717, 1.165) is 25.1 Å². The van der Waals surface area contributed by atoms with Crippen molar-refractivity contribution in [3.05, 3.63) is 0 Å². The SMILES string of the molecule is CCCCOCCN(C)CCCCCBr. The average molecular weight is 280 g/mol. The van der Waals surface area contributed by atoms with E-state index < -0.39 is 0 Å². The lowest BCUT2D eigenvalue weighted by molar-refractivity contribution is 0.109. The van der Waals surface area contributed by atoms with Crippen LogP contribution in [0.3, 0.4) is 0 Å². The van der Waals surface area contributed by atoms with Gasteiger partial charge in [-0.25, -0.2) is 0 Å². The largest absolute Gasteiger partial charge is 0.380 e. The van der Waals surface area contributed by atoms with E-state index >= 15 is 0 Å². The molecule has 0 aromatic carbocycles. The Labute approximate surface area is 103 Å². The summed E-state index contributed by atoms with van der Waals surface area (Å²) in [5.74, 6) is 0. The number of unbranched alkanes of at least 4 members (excludes halogenated alkanes) is 3. The minimum absolute atomic E-state index is 0.884. The summed E-state index contributed by atoms with van der Waals surface area (Å²) in [5, 5.41) is 1.14. The molecule has 0 heterocycles. The summed E-state index contributed by atoms with van der Waals surface area (Å²) < 4.78 is 5.52. The lowest BCUT2D eigenvalue weighted by Crippen LogP contribution is -2.24. The Hall–Kier alpha value is 0.400. The third-order valence-corrected chi connectivity index (χ3v) is 2.99. The highest BCUT2D eigenvalue weighted by molar-refractivity contribution is 9.09. The molecule has 0 aliphatic heterocycles. The zero-order valence-corrected chi connectivity index (χ0v) is 11.9. The zero-order valence-electron chi connectivity index (χ0n) is 10.3. The molecule has 0 aliphatic carbocycles. The second kappa shape index (κ2) is 12.5. The van der Waals surface area contributed by atoms with Crippen LogP contribution in [0.15, 0.2) is 0 Å². The molecule has 92 valence electrons. The number of nitrogens with zero attached hydrogens (tertiary/aromatic N) is 1. The van der Waals surface area contributed by atoms with Crippen LogP contribution in [0.25, 0.3) is 0 Å². The van der Waals surface area contributed by atoms with Crippen LogP contribution in [-0.4, -0.2) is 43.6 Å². The minimum atomic E-state index is 0.884. The van der Waals surface area contributed by atoms with Gasteiger partial charge in [-0.2, -0.15) is 0 Å². The van der Waals surface area contributed by atoms with Crippen LogP contribution in [0.5, 0.6) is 0 Å². The Morgan fingerprint density at radius 1 is 1.00 bits per heavy atom. The summed E-state index contributed by atoms with van der Waals surface area (Å²) in [7, 11) is 2.18. The Kier molecular flexibility index (Phi) is 12.8. The molecule has 0 radical (unpaired) electrons. The normalized spacial score (nSPS) is 11.2. The fourth-order valence-corrected chi connectivity index (χ4v) is 1.73. The standard InChI is InChI=1S/C12H26BrNO/c1-3-4-11-15-12-10-14(2)9-7-5-6-8-13/h3-12H2,1-2H3. The Balaban J connectivity index is 3.08. The van der Waals surface area contributed by atoms with Gasteiger partial charge in [0, 0.05) is 18.5 Å². The number of alkyl halides is 1. The third kappa shape index (κ3) is 12.3. The van der Waals surface area contributed by atoms with Crippen molar-refractivity contribution in [2.45, 2.75) is 39.0 Å². The molecule has 0 saturated carbocycles. The first-order valence-electron chi connectivity index (χ1n) is 6.13. The molecule has 0 unspecified atom stereocenters. The van der Waals surface area contributed by atoms with Crippen LogP contribution in [0.4, 0.5) is 0 Å². The van der Waals surface area contributed by atoms with Gasteiger partial charge in [0.1, 0.15) is 0 Å². The molecule has 0 rings (SSSR count). The van der Waals surface area contributed by atoms with Crippen LogP contribution in [0.1, 0.15) is 39.0 Å². The summed E-state index contributed by atoms with van der Waals surface area (Å²) >= 11 is 3.45. The van der Waals surface area contributed by atoms with Crippen LogP contribution < -0.4 is 0 Å². The second-order valence-corrected chi connectivity index (χ2v) is 4.81. The summed E-state index contributed by atoms with van der Waals surface area (Å²) in [6.45, 7) is 6.27. The van der Waals surface area contributed by atoms with Gasteiger partial charge in [-0.05, 0) is 32.9 Å². The molecule has 0 bridgehead atoms. The lowest BCUT2D eigenvalue weighted by atomic mass is 10.2. The third-order valence-electron chi connectivity index (χ3n) is 2.43. The molecule has 0 spiro atoms. The molecule has 0 amide bonds. The summed E-state index contributed by atoms with van der Waals surface area (Å²) in [4.78, 5) is 2.36. The number of ether oxygens (including phenoxy) is 1. The highest BCUT2D eigenvalue weighted by Crippen LogP contribution is 1.99. The van der Waals surface area contributed by atoms with Gasteiger partial charge in [0.05, 0.1) is 6.61 Å². The van der Waals surface area contributed by atoms with Crippen molar-refractivity contribution in [2.75, 3.05) is 38.7 Å². The number of hydrogen-bond acceptors (Lipinski definition) is 2. The summed E-state index contributed by atoms with van der Waals surface area (Å²) in [5.41, 5.74) is 0. The van der Waals surface area contributed by atoms with Gasteiger partial charge in [-0.15, -0.1) is 0 Å². The van der Waals surface area contributed by atoms with Crippen molar-refractivity contribution >= 4 is 15.9 Å². The smallest absolute Gasteiger partial charge is 0.0593 e. The molecular formula is C12H26BrNO. The van der Waals surface area contributed by atoms with Gasteiger partial charge < -0.3 is 9.64 Å². The fourth-order valence-electron chi connectivity index (χ4n) is 1.33. The Bertz CT molecular complexity index is 122. The minimum Gasteiger partial charge on any atom is -0.380 e. The van der Waals surface area contributed by atoms with Gasteiger partial charge >= 0.3 is 0 Å². The molecule has 15 heavy (non-hydrogen) atoms. The topological polar surface area (TPSA) is 12.5 Å². The quantitative estimate of drug-likeness (QED) is 0.425. The first kappa shape index (κ1) is 15.4. The van der Waals surface area contributed by atoms with Crippen molar-refractivity contribution < 1.29 is 4.74 Å². The van der Waals surface area contributed by atoms with Crippen LogP contribution in [0, 0.1) is 0 Å². The van der Waals surface area contributed by atoms with E-state index in [1.165, 1.54) is 38.6 Å². The molecule has 3 heteroatoms. The highest BCUT2D eigenvalue weighted by atomic mass is 79.9. The Morgan fingerprint density at radius 3 is 2.47 bits per heavy atom. The van der Waals surface area contributed by atoms with Crippen molar-refractivity contribution in [3.63, 3.8) is 0 Å². The molecule has 0 aromatic rings. The molecule has 0 saturated heterocycles. The van der Waals surface area contributed by atoms with Gasteiger partial charge in [-0.1, -0.05) is 35.7 Å². The van der Waals surface area contributed by atoms with Crippen LogP contribution in [0.2, 0.25) is 0 Å². The average Bonchev–Trinajstić information content (AvgIpc) is 2.24. The predicted molar refractivity (Wildman–Crippen MR) is 70.9 cm³/mol. The molecule has 0 fully saturated rings. The molecule has 0 aliphatic rings. The van der Waals surface area contributed by atoms with E-state index in [1.807, 2.05) is 0 Å². The maximum atomic E-state index is 5.52. The predicted octanol–water partition coefficient (Wildman–Crippen LogP) is 3.30. The maximum Gasteiger partial charge on any atom is 0.0593 e. The first-order chi connectivity index (χ1) is 7.31. The molecule has 0 aromatic heterocycles. The molecular weight excluding hydrogens is 254 g/mol. The highest BCUT2D eigenvalue weighted by Gasteiger charge is 1.97. The van der Waals surface area contributed by atoms with Crippen molar-refractivity contribution in [1.29, 1.82) is 0 Å². The van der Waals surface area contributed by atoms with Crippen molar-refractivity contribution in [3.8, 4) is 0 Å². The van der Waals surface area contributed by atoms with Crippen molar-refractivity contribution in [2.24, 2.45) is 0 Å². The van der Waals surface area contributed by atoms with E-state index in [-0.39, 0.29) is 0 Å². The summed E-state index contributed by atoms with van der Waals surface area (Å²) in [6, 6.07) is 0. The molecule has 0 N–H and O–H groups in total. The number of halogens is 1. The van der Waals surface area contributed by atoms with E-state index in [0.29, 0.717) is 0 Å². The number of hydrogen-bond donors (Lipinski definition) is 0. The maximum absolute atomic E-state index is 5.52. The van der Waals surface area contributed by atoms with Crippen molar-refractivity contribution in [1.82, 2.24) is 4.90 Å². The van der Waals surface area contributed by atoms with E-state index in [9.17, 15) is 0 Å². The van der Waals surface area contributed by atoms with Crippen LogP contribution >= 0.6 is 15.9 Å². The fraction of sp³-hybridized carbons (Fsp3) is 1.00. The molecule has 2 nitrogen and oxygen atoms in total. The second-order valence-electron chi connectivity index (χ2n) is 4.02. The van der Waals surface area contributed by atoms with Crippen LogP contribution in [-0.2, 0) is 4.74 Å². The van der Waals surface area contributed by atoms with Gasteiger partial charge in [0.25, 0.3) is 0 Å². The van der Waals surface area contributed by atoms with E-state index in [2.05, 4.69) is 34.8 Å². The number of likely N-dealkylation sites (N-methyl/N-ethyl adjacent to an activating group) is 1. The van der Waals surface area contributed by atoms with E-state index in [1.54, 1.807) is 0 Å². The Morgan fingerprint density at radius 2 is 1.80 bits per heavy atom. The monoisotopic (exact) mass is 279 g/mol. The lowest BCUT2D eigenvalue weighted by Gasteiger charge is -2.16. The number of rotatable bonds is 11. The van der Waals surface area contributed by atoms with Gasteiger partial charge in [0.15, 0.2) is 0 Å². The van der Waals surface area contributed by atoms with Gasteiger partial charge in [-0.3, -0.25) is 0 Å². The first-order valence-corrected chi connectivity index (χ1v) is 7.25. The molecule has 0 atom stereocenters. The van der Waals surface area contributed by atoms with Gasteiger partial charge in [0.2, 0.25) is 0 Å². The van der Waals surface area contributed by atoms with E-state index in [4.69, 9.17) is 4.74 Å². The zero-order chi connectivity index (χ0) is 11.4.